The number of piperidine rings is 2. The van der Waals surface area contributed by atoms with Crippen molar-refractivity contribution in [1.29, 1.82) is 0 Å². The summed E-state index contributed by atoms with van der Waals surface area (Å²) in [5.41, 5.74) is 0. The van der Waals surface area contributed by atoms with E-state index < -0.39 is 10.0 Å². The van der Waals surface area contributed by atoms with Crippen molar-refractivity contribution in [2.75, 3.05) is 52.6 Å². The minimum absolute atomic E-state index is 0. The van der Waals surface area contributed by atoms with E-state index in [1.54, 1.807) is 4.31 Å². The van der Waals surface area contributed by atoms with Gasteiger partial charge in [-0.15, -0.1) is 24.0 Å². The topological polar surface area (TPSA) is 77.0 Å². The number of halogens is 1. The maximum atomic E-state index is 11.6. The van der Waals surface area contributed by atoms with E-state index in [2.05, 4.69) is 27.4 Å². The van der Waals surface area contributed by atoms with E-state index in [1.165, 1.54) is 19.2 Å². The third-order valence-corrected chi connectivity index (χ3v) is 6.60. The summed E-state index contributed by atoms with van der Waals surface area (Å²) in [5, 5.41) is 6.98. The van der Waals surface area contributed by atoms with Crippen molar-refractivity contribution in [3.8, 4) is 0 Å². The first-order valence-electron chi connectivity index (χ1n) is 9.57. The van der Waals surface area contributed by atoms with E-state index >= 15 is 0 Å². The molecule has 9 heteroatoms. The number of guanidine groups is 1. The Kier molecular flexibility index (Phi) is 10.7. The van der Waals surface area contributed by atoms with Crippen LogP contribution in [0.4, 0.5) is 0 Å². The van der Waals surface area contributed by atoms with Crippen molar-refractivity contribution in [2.24, 2.45) is 10.9 Å². The zero-order valence-electron chi connectivity index (χ0n) is 16.4. The van der Waals surface area contributed by atoms with Crippen LogP contribution < -0.4 is 10.6 Å². The molecule has 0 amide bonds. The fraction of sp³-hybridized carbons (Fsp3) is 0.941. The smallest absolute Gasteiger partial charge is 0.211 e. The van der Waals surface area contributed by atoms with Gasteiger partial charge in [-0.25, -0.2) is 12.7 Å². The predicted octanol–water partition coefficient (Wildman–Crippen LogP) is 1.32. The Hall–Kier alpha value is -0.130. The maximum Gasteiger partial charge on any atom is 0.211 e. The third kappa shape index (κ3) is 7.85. The van der Waals surface area contributed by atoms with E-state index in [0.29, 0.717) is 25.0 Å². The largest absolute Gasteiger partial charge is 0.356 e. The molecule has 26 heavy (non-hydrogen) atoms. The molecule has 0 saturated carbocycles. The Bertz CT molecular complexity index is 527. The summed E-state index contributed by atoms with van der Waals surface area (Å²) >= 11 is 0. The lowest BCUT2D eigenvalue weighted by atomic mass is 9.98. The molecule has 0 aromatic carbocycles. The molecular formula is C17H36IN5O2S. The monoisotopic (exact) mass is 501 g/mol. The van der Waals surface area contributed by atoms with Gasteiger partial charge in [0.2, 0.25) is 10.0 Å². The van der Waals surface area contributed by atoms with Crippen molar-refractivity contribution < 1.29 is 8.42 Å². The predicted molar refractivity (Wildman–Crippen MR) is 119 cm³/mol. The van der Waals surface area contributed by atoms with Crippen LogP contribution in [0.1, 0.15) is 39.0 Å². The van der Waals surface area contributed by atoms with Crippen LogP contribution in [-0.2, 0) is 10.0 Å². The molecule has 2 rings (SSSR count). The van der Waals surface area contributed by atoms with Gasteiger partial charge >= 0.3 is 0 Å². The Labute approximate surface area is 176 Å². The molecule has 2 aliphatic heterocycles. The van der Waals surface area contributed by atoms with Crippen LogP contribution in [0.15, 0.2) is 4.99 Å². The van der Waals surface area contributed by atoms with Crippen molar-refractivity contribution in [2.45, 2.75) is 45.1 Å². The van der Waals surface area contributed by atoms with Gasteiger partial charge in [-0.3, -0.25) is 4.99 Å². The normalized spacial score (nSPS) is 22.0. The van der Waals surface area contributed by atoms with Crippen LogP contribution in [0.25, 0.3) is 0 Å². The molecule has 0 bridgehead atoms. The van der Waals surface area contributed by atoms with Crippen molar-refractivity contribution in [3.05, 3.63) is 0 Å². The van der Waals surface area contributed by atoms with Crippen LogP contribution in [0, 0.1) is 5.92 Å². The molecule has 0 unspecified atom stereocenters. The SMILES string of the molecule is CCCN1CCC(NC(=NC)NCC2CCN(S(C)(=O)=O)CC2)CC1.I. The van der Waals surface area contributed by atoms with Gasteiger partial charge in [-0.1, -0.05) is 6.92 Å². The van der Waals surface area contributed by atoms with Gasteiger partial charge in [0.05, 0.1) is 6.26 Å². The average Bonchev–Trinajstić information content (AvgIpc) is 2.60. The second-order valence-electron chi connectivity index (χ2n) is 7.32. The first kappa shape index (κ1) is 23.9. The van der Waals surface area contributed by atoms with Crippen molar-refractivity contribution in [1.82, 2.24) is 19.8 Å². The van der Waals surface area contributed by atoms with Crippen LogP contribution in [0.2, 0.25) is 0 Å². The van der Waals surface area contributed by atoms with E-state index in [0.717, 1.165) is 51.3 Å². The molecule has 2 fully saturated rings. The minimum atomic E-state index is -3.04. The first-order valence-corrected chi connectivity index (χ1v) is 11.4. The lowest BCUT2D eigenvalue weighted by Gasteiger charge is -2.33. The lowest BCUT2D eigenvalue weighted by Crippen LogP contribution is -2.50. The fourth-order valence-electron chi connectivity index (χ4n) is 3.69. The molecule has 2 heterocycles. The average molecular weight is 501 g/mol. The number of likely N-dealkylation sites (tertiary alicyclic amines) is 1. The number of nitrogens with one attached hydrogen (secondary N) is 2. The molecule has 0 atom stereocenters. The molecule has 2 N–H and O–H groups in total. The minimum Gasteiger partial charge on any atom is -0.356 e. The van der Waals surface area contributed by atoms with E-state index in [1.807, 2.05) is 7.05 Å². The van der Waals surface area contributed by atoms with Gasteiger partial charge in [0.25, 0.3) is 0 Å². The molecule has 0 aromatic rings. The van der Waals surface area contributed by atoms with Crippen LogP contribution in [0.3, 0.4) is 0 Å². The summed E-state index contributed by atoms with van der Waals surface area (Å²) in [4.78, 5) is 6.88. The Morgan fingerprint density at radius 3 is 2.23 bits per heavy atom. The lowest BCUT2D eigenvalue weighted by molar-refractivity contribution is 0.206. The van der Waals surface area contributed by atoms with Crippen molar-refractivity contribution in [3.63, 3.8) is 0 Å². The number of hydrogen-bond acceptors (Lipinski definition) is 4. The van der Waals surface area contributed by atoms with Gasteiger partial charge in [-0.05, 0) is 44.6 Å². The molecule has 0 aliphatic carbocycles. The zero-order valence-corrected chi connectivity index (χ0v) is 19.6. The number of rotatable bonds is 6. The summed E-state index contributed by atoms with van der Waals surface area (Å²) in [6.45, 7) is 7.87. The zero-order chi connectivity index (χ0) is 18.3. The third-order valence-electron chi connectivity index (χ3n) is 5.29. The number of nitrogens with zero attached hydrogens (tertiary/aromatic N) is 3. The van der Waals surface area contributed by atoms with E-state index in [-0.39, 0.29) is 24.0 Å². The van der Waals surface area contributed by atoms with Crippen molar-refractivity contribution >= 4 is 40.0 Å². The number of hydrogen-bond donors (Lipinski definition) is 2. The first-order chi connectivity index (χ1) is 11.9. The summed E-state index contributed by atoms with van der Waals surface area (Å²) in [7, 11) is -1.23. The summed E-state index contributed by atoms with van der Waals surface area (Å²) in [6.07, 6.45) is 6.66. The highest BCUT2D eigenvalue weighted by molar-refractivity contribution is 14.0. The molecule has 154 valence electrons. The number of sulfonamides is 1. The molecule has 0 radical (unpaired) electrons. The quantitative estimate of drug-likeness (QED) is 0.326. The molecule has 7 nitrogen and oxygen atoms in total. The van der Waals surface area contributed by atoms with Gasteiger partial charge in [0.1, 0.15) is 0 Å². The Morgan fingerprint density at radius 2 is 1.73 bits per heavy atom. The highest BCUT2D eigenvalue weighted by Crippen LogP contribution is 2.18. The fourth-order valence-corrected chi connectivity index (χ4v) is 4.57. The summed E-state index contributed by atoms with van der Waals surface area (Å²) < 4.78 is 24.7. The molecule has 2 saturated heterocycles. The Balaban J connectivity index is 0.00000338. The highest BCUT2D eigenvalue weighted by Gasteiger charge is 2.25. The van der Waals surface area contributed by atoms with Gasteiger partial charge in [0.15, 0.2) is 5.96 Å². The second kappa shape index (κ2) is 11.7. The van der Waals surface area contributed by atoms with Gasteiger partial charge in [-0.2, -0.15) is 0 Å². The second-order valence-corrected chi connectivity index (χ2v) is 9.30. The highest BCUT2D eigenvalue weighted by atomic mass is 127. The van der Waals surface area contributed by atoms with Gasteiger partial charge < -0.3 is 15.5 Å². The maximum absolute atomic E-state index is 11.6. The molecule has 0 spiro atoms. The summed E-state index contributed by atoms with van der Waals surface area (Å²) in [5.74, 6) is 1.38. The van der Waals surface area contributed by atoms with Crippen LogP contribution in [0.5, 0.6) is 0 Å². The van der Waals surface area contributed by atoms with E-state index in [4.69, 9.17) is 0 Å². The Morgan fingerprint density at radius 1 is 1.12 bits per heavy atom. The van der Waals surface area contributed by atoms with Crippen LogP contribution in [-0.4, -0.2) is 82.2 Å². The van der Waals surface area contributed by atoms with Crippen LogP contribution >= 0.6 is 24.0 Å². The number of aliphatic imine (C=N–C) groups is 1. The van der Waals surface area contributed by atoms with E-state index in [9.17, 15) is 8.42 Å². The molecular weight excluding hydrogens is 465 g/mol. The molecule has 0 aromatic heterocycles. The van der Waals surface area contributed by atoms with Gasteiger partial charge in [0, 0.05) is 45.8 Å². The summed E-state index contributed by atoms with van der Waals surface area (Å²) in [6, 6.07) is 0.492. The molecule has 2 aliphatic rings. The standard InChI is InChI=1S/C17H35N5O2S.HI/c1-4-9-21-10-7-16(8-11-21)20-17(18-2)19-14-15-5-12-22(13-6-15)25(3,23)24;/h15-16H,4-14H2,1-3H3,(H2,18,19,20);1H.